The largest absolute Gasteiger partial charge is 0.290 e. The summed E-state index contributed by atoms with van der Waals surface area (Å²) in [6, 6.07) is 0. The van der Waals surface area contributed by atoms with Crippen LogP contribution in [0.4, 0.5) is 0 Å². The Morgan fingerprint density at radius 3 is 0.750 bits per heavy atom. The average molecular weight is 228 g/mol. The van der Waals surface area contributed by atoms with Crippen LogP contribution in [0.3, 0.4) is 0 Å². The molecule has 0 saturated carbocycles. The topological polar surface area (TPSA) is 34.1 Å². The second-order valence-corrected chi connectivity index (χ2v) is 1.47. The van der Waals surface area contributed by atoms with Crippen molar-refractivity contribution in [2.75, 3.05) is 0 Å². The van der Waals surface area contributed by atoms with Crippen LogP contribution in [0.1, 0.15) is 55.4 Å². The van der Waals surface area contributed by atoms with Crippen molar-refractivity contribution < 1.29 is 9.59 Å². The molecule has 0 saturated heterocycles. The zero-order valence-electron chi connectivity index (χ0n) is 12.1. The predicted octanol–water partition coefficient (Wildman–Crippen LogP) is 4.36. The van der Waals surface area contributed by atoms with E-state index in [2.05, 4.69) is 0 Å². The molecule has 0 heterocycles. The summed E-state index contributed by atoms with van der Waals surface area (Å²) in [7, 11) is 0. The van der Waals surface area contributed by atoms with Gasteiger partial charge in [-0.2, -0.15) is 0 Å². The van der Waals surface area contributed by atoms with Crippen molar-refractivity contribution in [3.63, 3.8) is 0 Å². The maximum Gasteiger partial charge on any atom is 0.178 e. The SMILES string of the molecule is CC.CC.CC.CC.O=C1C=CC(=O)C=C1. The second-order valence-electron chi connectivity index (χ2n) is 1.47. The third-order valence-corrected chi connectivity index (χ3v) is 0.824. The third kappa shape index (κ3) is 23.0. The molecule has 96 valence electrons. The first-order valence-corrected chi connectivity index (χ1v) is 6.23. The standard InChI is InChI=1S/C6H4O2.4C2H6/c7-5-1-2-6(8)4-3-5;4*1-2/h1-4H;4*1-2H3. The molecule has 2 heteroatoms. The van der Waals surface area contributed by atoms with Gasteiger partial charge in [-0.1, -0.05) is 55.4 Å². The molecule has 0 aromatic rings. The van der Waals surface area contributed by atoms with Crippen LogP contribution < -0.4 is 0 Å². The first-order valence-electron chi connectivity index (χ1n) is 6.23. The Kier molecular flexibility index (Phi) is 44.1. The molecule has 1 aliphatic rings. The van der Waals surface area contributed by atoms with Crippen LogP contribution in [0.2, 0.25) is 0 Å². The lowest BCUT2D eigenvalue weighted by atomic mass is 10.2. The minimum absolute atomic E-state index is 0.121. The van der Waals surface area contributed by atoms with E-state index in [1.165, 1.54) is 24.3 Å². The maximum absolute atomic E-state index is 10.3. The molecule has 0 atom stereocenters. The van der Waals surface area contributed by atoms with E-state index in [1.54, 1.807) is 0 Å². The normalized spacial score (nSPS) is 10.2. The van der Waals surface area contributed by atoms with Crippen molar-refractivity contribution in [3.8, 4) is 0 Å². The van der Waals surface area contributed by atoms with Crippen molar-refractivity contribution in [2.45, 2.75) is 55.4 Å². The Labute approximate surface area is 101 Å². The summed E-state index contributed by atoms with van der Waals surface area (Å²) in [5.41, 5.74) is 0. The summed E-state index contributed by atoms with van der Waals surface area (Å²) < 4.78 is 0. The summed E-state index contributed by atoms with van der Waals surface area (Å²) >= 11 is 0. The third-order valence-electron chi connectivity index (χ3n) is 0.824. The molecule has 0 fully saturated rings. The van der Waals surface area contributed by atoms with Crippen LogP contribution in [0.5, 0.6) is 0 Å². The quantitative estimate of drug-likeness (QED) is 0.577. The minimum Gasteiger partial charge on any atom is -0.290 e. The Hall–Kier alpha value is -1.18. The highest BCUT2D eigenvalue weighted by Gasteiger charge is 1.97. The van der Waals surface area contributed by atoms with Crippen LogP contribution in [0.15, 0.2) is 24.3 Å². The number of rotatable bonds is 0. The molecular formula is C14H28O2. The highest BCUT2D eigenvalue weighted by molar-refractivity contribution is 6.14. The summed E-state index contributed by atoms with van der Waals surface area (Å²) in [6.07, 6.45) is 5.01. The van der Waals surface area contributed by atoms with E-state index in [4.69, 9.17) is 0 Å². The molecule has 0 unspecified atom stereocenters. The fraction of sp³-hybridized carbons (Fsp3) is 0.571. The molecule has 0 aromatic heterocycles. The first-order chi connectivity index (χ1) is 7.79. The fourth-order valence-electron chi connectivity index (χ4n) is 0.440. The fourth-order valence-corrected chi connectivity index (χ4v) is 0.440. The molecule has 0 aromatic carbocycles. The van der Waals surface area contributed by atoms with Crippen LogP contribution in [-0.2, 0) is 9.59 Å². The highest BCUT2D eigenvalue weighted by Crippen LogP contribution is 1.90. The van der Waals surface area contributed by atoms with Gasteiger partial charge >= 0.3 is 0 Å². The second kappa shape index (κ2) is 29.2. The Morgan fingerprint density at radius 1 is 0.500 bits per heavy atom. The number of hydrogen-bond acceptors (Lipinski definition) is 2. The van der Waals surface area contributed by atoms with Crippen LogP contribution >= 0.6 is 0 Å². The summed E-state index contributed by atoms with van der Waals surface area (Å²) in [5.74, 6) is -0.241. The number of ketones is 2. The number of allylic oxidation sites excluding steroid dienone is 4. The molecule has 0 bridgehead atoms. The van der Waals surface area contributed by atoms with Gasteiger partial charge in [0.1, 0.15) is 0 Å². The van der Waals surface area contributed by atoms with Crippen LogP contribution in [0, 0.1) is 0 Å². The average Bonchev–Trinajstić information content (AvgIpc) is 2.42. The summed E-state index contributed by atoms with van der Waals surface area (Å²) in [4.78, 5) is 20.6. The molecular weight excluding hydrogens is 200 g/mol. The van der Waals surface area contributed by atoms with E-state index in [-0.39, 0.29) is 11.6 Å². The van der Waals surface area contributed by atoms with Gasteiger partial charge in [0, 0.05) is 0 Å². The predicted molar refractivity (Wildman–Crippen MR) is 73.7 cm³/mol. The van der Waals surface area contributed by atoms with Gasteiger partial charge in [-0.25, -0.2) is 0 Å². The van der Waals surface area contributed by atoms with E-state index in [0.29, 0.717) is 0 Å². The van der Waals surface area contributed by atoms with Crippen LogP contribution in [0.25, 0.3) is 0 Å². The summed E-state index contributed by atoms with van der Waals surface area (Å²) in [5, 5.41) is 0. The van der Waals surface area contributed by atoms with Gasteiger partial charge in [-0.05, 0) is 24.3 Å². The van der Waals surface area contributed by atoms with E-state index >= 15 is 0 Å². The van der Waals surface area contributed by atoms with Gasteiger partial charge in [0.25, 0.3) is 0 Å². The highest BCUT2D eigenvalue weighted by atomic mass is 16.1. The molecule has 0 radical (unpaired) electrons. The number of hydrogen-bond donors (Lipinski definition) is 0. The Bertz CT molecular complexity index is 151. The maximum atomic E-state index is 10.3. The monoisotopic (exact) mass is 228 g/mol. The van der Waals surface area contributed by atoms with Gasteiger partial charge in [-0.3, -0.25) is 9.59 Å². The van der Waals surface area contributed by atoms with Gasteiger partial charge in [0.15, 0.2) is 11.6 Å². The molecule has 1 rings (SSSR count). The Morgan fingerprint density at radius 2 is 0.625 bits per heavy atom. The zero-order chi connectivity index (χ0) is 14.0. The van der Waals surface area contributed by atoms with Crippen molar-refractivity contribution in [1.29, 1.82) is 0 Å². The van der Waals surface area contributed by atoms with Crippen molar-refractivity contribution in [1.82, 2.24) is 0 Å². The minimum atomic E-state index is -0.121. The van der Waals surface area contributed by atoms with E-state index in [9.17, 15) is 9.59 Å². The molecule has 1 aliphatic carbocycles. The molecule has 0 N–H and O–H groups in total. The van der Waals surface area contributed by atoms with Crippen molar-refractivity contribution in [2.24, 2.45) is 0 Å². The lowest BCUT2D eigenvalue weighted by Gasteiger charge is -1.87. The number of carbonyl (C=O) groups is 2. The van der Waals surface area contributed by atoms with Crippen molar-refractivity contribution >= 4 is 11.6 Å². The van der Waals surface area contributed by atoms with Gasteiger partial charge in [0.2, 0.25) is 0 Å². The van der Waals surface area contributed by atoms with Gasteiger partial charge in [0.05, 0.1) is 0 Å². The summed E-state index contributed by atoms with van der Waals surface area (Å²) in [6.45, 7) is 16.0. The zero-order valence-corrected chi connectivity index (χ0v) is 12.1. The first kappa shape index (κ1) is 24.2. The van der Waals surface area contributed by atoms with Gasteiger partial charge in [-0.15, -0.1) is 0 Å². The Balaban J connectivity index is -0.0000000771. The smallest absolute Gasteiger partial charge is 0.178 e. The lowest BCUT2D eigenvalue weighted by molar-refractivity contribution is -0.113. The molecule has 0 aliphatic heterocycles. The van der Waals surface area contributed by atoms with E-state index < -0.39 is 0 Å². The lowest BCUT2D eigenvalue weighted by Crippen LogP contribution is -1.97. The van der Waals surface area contributed by atoms with Crippen molar-refractivity contribution in [3.05, 3.63) is 24.3 Å². The molecule has 2 nitrogen and oxygen atoms in total. The van der Waals surface area contributed by atoms with Gasteiger partial charge < -0.3 is 0 Å². The van der Waals surface area contributed by atoms with Crippen LogP contribution in [-0.4, -0.2) is 11.6 Å². The molecule has 0 amide bonds. The van der Waals surface area contributed by atoms with E-state index in [1.807, 2.05) is 55.4 Å². The molecule has 16 heavy (non-hydrogen) atoms. The number of carbonyl (C=O) groups excluding carboxylic acids is 2. The molecule has 0 spiro atoms. The van der Waals surface area contributed by atoms with E-state index in [0.717, 1.165) is 0 Å².